The molecule has 156 valence electrons. The summed E-state index contributed by atoms with van der Waals surface area (Å²) in [6.45, 7) is 0. The number of carbonyl (C=O) groups excluding carboxylic acids is 2. The highest BCUT2D eigenvalue weighted by atomic mass is 35.5. The average Bonchev–Trinajstić information content (AvgIpc) is 3.00. The van der Waals surface area contributed by atoms with E-state index in [1.54, 1.807) is 24.3 Å². The Bertz CT molecular complexity index is 1250. The van der Waals surface area contributed by atoms with Crippen molar-refractivity contribution in [3.8, 4) is 0 Å². The summed E-state index contributed by atoms with van der Waals surface area (Å²) in [5, 5.41) is 5.63. The summed E-state index contributed by atoms with van der Waals surface area (Å²) in [6, 6.07) is 12.8. The third-order valence-corrected chi connectivity index (χ3v) is 5.50. The molecule has 31 heavy (non-hydrogen) atoms. The summed E-state index contributed by atoms with van der Waals surface area (Å²) < 4.78 is 40.9. The molecule has 1 atom stereocenters. The number of alkyl halides is 3. The van der Waals surface area contributed by atoms with Gasteiger partial charge in [-0.15, -0.1) is 0 Å². The van der Waals surface area contributed by atoms with Crippen LogP contribution >= 0.6 is 11.6 Å². The van der Waals surface area contributed by atoms with Crippen molar-refractivity contribution >= 4 is 40.6 Å². The van der Waals surface area contributed by atoms with Crippen LogP contribution in [0.4, 0.5) is 30.4 Å². The number of aromatic nitrogens is 1. The largest absolute Gasteiger partial charge is 0.418 e. The van der Waals surface area contributed by atoms with Gasteiger partial charge in [0.1, 0.15) is 5.82 Å². The lowest BCUT2D eigenvalue weighted by Crippen LogP contribution is -2.62. The smallest absolute Gasteiger partial charge is 0.350 e. The second-order valence-electron chi connectivity index (χ2n) is 7.04. The van der Waals surface area contributed by atoms with Gasteiger partial charge in [-0.05, 0) is 30.3 Å². The fourth-order valence-electron chi connectivity index (χ4n) is 3.98. The van der Waals surface area contributed by atoms with Crippen molar-refractivity contribution in [2.45, 2.75) is 11.8 Å². The van der Waals surface area contributed by atoms with Crippen LogP contribution in [0.5, 0.6) is 0 Å². The van der Waals surface area contributed by atoms with Gasteiger partial charge in [0.05, 0.1) is 21.8 Å². The maximum Gasteiger partial charge on any atom is 0.418 e. The quantitative estimate of drug-likeness (QED) is 0.574. The highest BCUT2D eigenvalue weighted by Gasteiger charge is 2.59. The van der Waals surface area contributed by atoms with Crippen molar-refractivity contribution in [3.05, 3.63) is 82.5 Å². The van der Waals surface area contributed by atoms with Gasteiger partial charge in [0, 0.05) is 17.4 Å². The average molecular weight is 445 g/mol. The molecule has 1 spiro atoms. The number of amides is 2. The molecule has 2 aromatic carbocycles. The van der Waals surface area contributed by atoms with Gasteiger partial charge in [0.2, 0.25) is 5.66 Å². The van der Waals surface area contributed by atoms with Crippen molar-refractivity contribution in [1.29, 1.82) is 0 Å². The van der Waals surface area contributed by atoms with Gasteiger partial charge in [-0.25, -0.2) is 4.98 Å². The minimum Gasteiger partial charge on any atom is -0.350 e. The lowest BCUT2D eigenvalue weighted by molar-refractivity contribution is -0.136. The molecule has 2 aliphatic heterocycles. The molecule has 2 aliphatic rings. The summed E-state index contributed by atoms with van der Waals surface area (Å²) in [5.74, 6) is -1.37. The number of carbonyl (C=O) groups is 2. The number of benzene rings is 2. The van der Waals surface area contributed by atoms with Crippen LogP contribution in [-0.4, -0.2) is 16.8 Å². The van der Waals surface area contributed by atoms with Crippen LogP contribution in [0.15, 0.2) is 60.8 Å². The number of pyridine rings is 1. The van der Waals surface area contributed by atoms with E-state index < -0.39 is 34.9 Å². The van der Waals surface area contributed by atoms with Crippen LogP contribution in [0.1, 0.15) is 21.5 Å². The van der Waals surface area contributed by atoms with E-state index in [1.807, 2.05) is 0 Å². The topological polar surface area (TPSA) is 74.3 Å². The first kappa shape index (κ1) is 19.4. The zero-order valence-corrected chi connectivity index (χ0v) is 16.3. The number of halogens is 4. The minimum absolute atomic E-state index is 0.0353. The summed E-state index contributed by atoms with van der Waals surface area (Å²) in [5.41, 5.74) is -2.85. The van der Waals surface area contributed by atoms with Gasteiger partial charge < -0.3 is 10.6 Å². The zero-order valence-electron chi connectivity index (χ0n) is 15.5. The molecule has 1 aromatic heterocycles. The third kappa shape index (κ3) is 2.70. The number of nitrogens with zero attached hydrogens (tertiary/aromatic N) is 2. The van der Waals surface area contributed by atoms with Crippen molar-refractivity contribution in [2.75, 3.05) is 15.5 Å². The van der Waals surface area contributed by atoms with Crippen LogP contribution < -0.4 is 15.5 Å². The van der Waals surface area contributed by atoms with Gasteiger partial charge in [-0.3, -0.25) is 14.5 Å². The molecular formula is C21H12ClF3N4O2. The lowest BCUT2D eigenvalue weighted by Gasteiger charge is -2.43. The van der Waals surface area contributed by atoms with E-state index in [4.69, 9.17) is 11.6 Å². The summed E-state index contributed by atoms with van der Waals surface area (Å²) >= 11 is 5.91. The predicted octanol–water partition coefficient (Wildman–Crippen LogP) is 4.63. The van der Waals surface area contributed by atoms with Crippen LogP contribution in [0.3, 0.4) is 0 Å². The van der Waals surface area contributed by atoms with E-state index in [2.05, 4.69) is 15.6 Å². The lowest BCUT2D eigenvalue weighted by atomic mass is 9.91. The van der Waals surface area contributed by atoms with Crippen LogP contribution in [0, 0.1) is 0 Å². The maximum absolute atomic E-state index is 13.6. The van der Waals surface area contributed by atoms with Crippen molar-refractivity contribution in [1.82, 2.24) is 4.98 Å². The Morgan fingerprint density at radius 2 is 1.77 bits per heavy atom. The first-order chi connectivity index (χ1) is 14.7. The minimum atomic E-state index is -4.70. The molecule has 0 fully saturated rings. The zero-order chi connectivity index (χ0) is 22.0. The molecule has 10 heteroatoms. The number of hydrogen-bond acceptors (Lipinski definition) is 4. The SMILES string of the molecule is O=C1c2ccccc2N[C@@]2(C(=O)Nc3c(C(F)(F)F)cccc32)N1c1ccc(Cl)cn1. The molecule has 0 unspecified atom stereocenters. The molecule has 2 N–H and O–H groups in total. The van der Waals surface area contributed by atoms with E-state index in [0.717, 1.165) is 11.0 Å². The summed E-state index contributed by atoms with van der Waals surface area (Å²) in [7, 11) is 0. The summed E-state index contributed by atoms with van der Waals surface area (Å²) in [6.07, 6.45) is -3.41. The van der Waals surface area contributed by atoms with Gasteiger partial charge in [0.15, 0.2) is 0 Å². The monoisotopic (exact) mass is 444 g/mol. The van der Waals surface area contributed by atoms with E-state index in [-0.39, 0.29) is 16.9 Å². The Labute approximate surface area is 178 Å². The Morgan fingerprint density at radius 1 is 1.00 bits per heavy atom. The molecule has 6 nitrogen and oxygen atoms in total. The number of fused-ring (bicyclic) bond motifs is 3. The fraction of sp³-hybridized carbons (Fsp3) is 0.0952. The third-order valence-electron chi connectivity index (χ3n) is 5.28. The Balaban J connectivity index is 1.82. The second-order valence-corrected chi connectivity index (χ2v) is 7.47. The Hall–Kier alpha value is -3.59. The molecule has 5 rings (SSSR count). The van der Waals surface area contributed by atoms with Crippen molar-refractivity contribution < 1.29 is 22.8 Å². The Kier molecular flexibility index (Phi) is 4.03. The molecule has 0 saturated heterocycles. The van der Waals surface area contributed by atoms with E-state index >= 15 is 0 Å². The summed E-state index contributed by atoms with van der Waals surface area (Å²) in [4.78, 5) is 32.0. The molecule has 3 aromatic rings. The number of rotatable bonds is 1. The molecule has 3 heterocycles. The number of hydrogen-bond donors (Lipinski definition) is 2. The van der Waals surface area contributed by atoms with Gasteiger partial charge in [-0.2, -0.15) is 13.2 Å². The van der Waals surface area contributed by atoms with Crippen molar-refractivity contribution in [3.63, 3.8) is 0 Å². The van der Waals surface area contributed by atoms with Gasteiger partial charge >= 0.3 is 6.18 Å². The first-order valence-electron chi connectivity index (χ1n) is 9.09. The molecular weight excluding hydrogens is 433 g/mol. The van der Waals surface area contributed by atoms with Gasteiger partial charge in [-0.1, -0.05) is 35.9 Å². The van der Waals surface area contributed by atoms with Gasteiger partial charge in [0.25, 0.3) is 11.8 Å². The number of para-hydroxylation sites is 2. The first-order valence-corrected chi connectivity index (χ1v) is 9.47. The molecule has 0 saturated carbocycles. The van der Waals surface area contributed by atoms with E-state index in [1.165, 1.54) is 30.5 Å². The van der Waals surface area contributed by atoms with Crippen LogP contribution in [-0.2, 0) is 16.6 Å². The van der Waals surface area contributed by atoms with E-state index in [9.17, 15) is 22.8 Å². The standard InChI is InChI=1S/C21H12ClF3N4O2/c22-11-8-9-16(26-10-11)29-18(30)12-4-1-2-7-15(12)28-20(29)13-5-3-6-14(21(23,24)25)17(13)27-19(20)31/h1-10,28H,(H,27,31)/t20-/m1/s1. The highest BCUT2D eigenvalue weighted by molar-refractivity contribution is 6.30. The molecule has 0 radical (unpaired) electrons. The second kappa shape index (κ2) is 6.45. The Morgan fingerprint density at radius 3 is 2.48 bits per heavy atom. The predicted molar refractivity (Wildman–Crippen MR) is 108 cm³/mol. The molecule has 0 aliphatic carbocycles. The highest BCUT2D eigenvalue weighted by Crippen LogP contribution is 2.50. The van der Waals surface area contributed by atoms with E-state index in [0.29, 0.717) is 10.7 Å². The molecule has 0 bridgehead atoms. The maximum atomic E-state index is 13.6. The fourth-order valence-corrected chi connectivity index (χ4v) is 4.09. The number of nitrogens with one attached hydrogen (secondary N) is 2. The molecule has 2 amide bonds. The number of anilines is 3. The normalized spacial score (nSPS) is 19.7. The van der Waals surface area contributed by atoms with Crippen molar-refractivity contribution in [2.24, 2.45) is 0 Å². The van der Waals surface area contributed by atoms with Crippen LogP contribution in [0.25, 0.3) is 0 Å². The van der Waals surface area contributed by atoms with Crippen LogP contribution in [0.2, 0.25) is 5.02 Å².